The van der Waals surface area contributed by atoms with Crippen molar-refractivity contribution in [3.8, 4) is 17.2 Å². The molecule has 7 nitrogen and oxygen atoms in total. The lowest BCUT2D eigenvalue weighted by atomic mass is 9.95. The van der Waals surface area contributed by atoms with Gasteiger partial charge in [-0.2, -0.15) is 0 Å². The van der Waals surface area contributed by atoms with Gasteiger partial charge in [0, 0.05) is 16.7 Å². The molecule has 1 aliphatic heterocycles. The van der Waals surface area contributed by atoms with E-state index in [9.17, 15) is 9.59 Å². The second kappa shape index (κ2) is 8.69. The monoisotopic (exact) mass is 452 g/mol. The largest absolute Gasteiger partial charge is 0.492 e. The van der Waals surface area contributed by atoms with Crippen LogP contribution in [0.1, 0.15) is 63.8 Å². The lowest BCUT2D eigenvalue weighted by Gasteiger charge is -2.22. The summed E-state index contributed by atoms with van der Waals surface area (Å²) in [6.45, 7) is 9.97. The molecule has 1 N–H and O–H groups in total. The summed E-state index contributed by atoms with van der Waals surface area (Å²) in [7, 11) is 0. The van der Waals surface area contributed by atoms with Crippen LogP contribution in [0.3, 0.4) is 0 Å². The minimum atomic E-state index is -0.623. The van der Waals surface area contributed by atoms with E-state index in [1.54, 1.807) is 33.0 Å². The fourth-order valence-electron chi connectivity index (χ4n) is 4.13. The van der Waals surface area contributed by atoms with Gasteiger partial charge >= 0.3 is 6.09 Å². The summed E-state index contributed by atoms with van der Waals surface area (Å²) >= 11 is 0. The fraction of sp³-hybridized carbons (Fsp3) is 0.500. The van der Waals surface area contributed by atoms with Crippen molar-refractivity contribution in [2.24, 2.45) is 0 Å². The number of alkyl carbamates (subject to hydrolysis) is 1. The number of fused-ring (bicyclic) bond motifs is 2. The number of benzene rings is 1. The van der Waals surface area contributed by atoms with Gasteiger partial charge in [-0.15, -0.1) is 0 Å². The van der Waals surface area contributed by atoms with E-state index in [-0.39, 0.29) is 17.6 Å². The summed E-state index contributed by atoms with van der Waals surface area (Å²) in [5.41, 5.74) is 2.39. The van der Waals surface area contributed by atoms with Crippen molar-refractivity contribution >= 4 is 11.9 Å². The lowest BCUT2D eigenvalue weighted by molar-refractivity contribution is -0.120. The molecular formula is C26H32N2O5. The van der Waals surface area contributed by atoms with Gasteiger partial charge < -0.3 is 19.5 Å². The Labute approximate surface area is 194 Å². The molecule has 1 amide bonds. The van der Waals surface area contributed by atoms with Crippen molar-refractivity contribution in [3.05, 3.63) is 47.3 Å². The molecule has 1 saturated carbocycles. The number of carbonyl (C=O) groups excluding carboxylic acids is 2. The number of ether oxygens (including phenoxy) is 3. The SMILES string of the molecule is CC[C@@H](NC(=O)OC(C)(C)C)C(=O)Cc1ccc(Oc2ccc(C)c3c2C2(CC2)CO3)cn1. The summed E-state index contributed by atoms with van der Waals surface area (Å²) in [6, 6.07) is 6.99. The zero-order valence-corrected chi connectivity index (χ0v) is 20.0. The molecular weight excluding hydrogens is 420 g/mol. The van der Waals surface area contributed by atoms with E-state index < -0.39 is 17.7 Å². The third-order valence-electron chi connectivity index (χ3n) is 6.06. The number of aryl methyl sites for hydroxylation is 1. The zero-order valence-electron chi connectivity index (χ0n) is 20.0. The van der Waals surface area contributed by atoms with Crippen LogP contribution in [0.15, 0.2) is 30.5 Å². The van der Waals surface area contributed by atoms with Crippen LogP contribution in [-0.4, -0.2) is 35.1 Å². The van der Waals surface area contributed by atoms with Gasteiger partial charge in [0.05, 0.1) is 25.3 Å². The summed E-state index contributed by atoms with van der Waals surface area (Å²) in [6.07, 6.45) is 3.87. The molecule has 1 aliphatic carbocycles. The first kappa shape index (κ1) is 23.1. The third-order valence-corrected chi connectivity index (χ3v) is 6.06. The van der Waals surface area contributed by atoms with Crippen LogP contribution in [0.2, 0.25) is 0 Å². The molecule has 0 unspecified atom stereocenters. The smallest absolute Gasteiger partial charge is 0.408 e. The third kappa shape index (κ3) is 5.13. The predicted molar refractivity (Wildman–Crippen MR) is 124 cm³/mol. The molecule has 2 heterocycles. The van der Waals surface area contributed by atoms with Crippen LogP contribution in [0.5, 0.6) is 17.2 Å². The molecule has 0 bridgehead atoms. The van der Waals surface area contributed by atoms with Gasteiger partial charge in [0.2, 0.25) is 0 Å². The molecule has 1 atom stereocenters. The van der Waals surface area contributed by atoms with E-state index in [0.29, 0.717) is 17.9 Å². The summed E-state index contributed by atoms with van der Waals surface area (Å²) in [5.74, 6) is 2.25. The van der Waals surface area contributed by atoms with Crippen LogP contribution in [0, 0.1) is 6.92 Å². The lowest BCUT2D eigenvalue weighted by Crippen LogP contribution is -2.43. The highest BCUT2D eigenvalue weighted by Gasteiger charge is 2.53. The maximum absolute atomic E-state index is 12.7. The van der Waals surface area contributed by atoms with Crippen LogP contribution < -0.4 is 14.8 Å². The highest BCUT2D eigenvalue weighted by atomic mass is 16.6. The number of hydrogen-bond acceptors (Lipinski definition) is 6. The number of rotatable bonds is 7. The fourth-order valence-corrected chi connectivity index (χ4v) is 4.13. The second-order valence-corrected chi connectivity index (χ2v) is 9.99. The van der Waals surface area contributed by atoms with E-state index >= 15 is 0 Å². The quantitative estimate of drug-likeness (QED) is 0.635. The van der Waals surface area contributed by atoms with E-state index in [0.717, 1.165) is 36.5 Å². The number of pyridine rings is 1. The van der Waals surface area contributed by atoms with Gasteiger partial charge in [0.25, 0.3) is 0 Å². The molecule has 4 rings (SSSR count). The summed E-state index contributed by atoms with van der Waals surface area (Å²) in [4.78, 5) is 29.1. The minimum Gasteiger partial charge on any atom is -0.492 e. The molecule has 1 spiro atoms. The van der Waals surface area contributed by atoms with Crippen molar-refractivity contribution in [2.45, 2.75) is 77.4 Å². The van der Waals surface area contributed by atoms with Crippen LogP contribution in [0.25, 0.3) is 0 Å². The Morgan fingerprint density at radius 1 is 1.21 bits per heavy atom. The molecule has 0 saturated heterocycles. The van der Waals surface area contributed by atoms with E-state index in [2.05, 4.69) is 17.2 Å². The van der Waals surface area contributed by atoms with Crippen molar-refractivity contribution in [1.82, 2.24) is 10.3 Å². The average molecular weight is 453 g/mol. The summed E-state index contributed by atoms with van der Waals surface area (Å²) in [5, 5.41) is 2.65. The van der Waals surface area contributed by atoms with Crippen molar-refractivity contribution < 1.29 is 23.8 Å². The summed E-state index contributed by atoms with van der Waals surface area (Å²) < 4.78 is 17.4. The number of hydrogen-bond donors (Lipinski definition) is 1. The van der Waals surface area contributed by atoms with Gasteiger partial charge in [-0.05, 0) is 70.7 Å². The molecule has 7 heteroatoms. The molecule has 33 heavy (non-hydrogen) atoms. The number of nitrogens with one attached hydrogen (secondary N) is 1. The molecule has 176 valence electrons. The molecule has 1 aromatic heterocycles. The maximum Gasteiger partial charge on any atom is 0.408 e. The first-order valence-corrected chi connectivity index (χ1v) is 11.5. The normalized spacial score (nSPS) is 16.5. The highest BCUT2D eigenvalue weighted by Crippen LogP contribution is 2.59. The Hall–Kier alpha value is -3.09. The van der Waals surface area contributed by atoms with Crippen molar-refractivity contribution in [3.63, 3.8) is 0 Å². The van der Waals surface area contributed by atoms with E-state index in [4.69, 9.17) is 14.2 Å². The first-order valence-electron chi connectivity index (χ1n) is 11.5. The van der Waals surface area contributed by atoms with Gasteiger partial charge in [0.15, 0.2) is 5.78 Å². The number of nitrogens with zero attached hydrogens (tertiary/aromatic N) is 1. The molecule has 1 fully saturated rings. The number of aromatic nitrogens is 1. The van der Waals surface area contributed by atoms with E-state index in [1.165, 1.54) is 5.56 Å². The standard InChI is InChI=1S/C26H32N2O5/c1-6-19(28-24(30)33-25(3,4)5)20(29)13-17-8-9-18(14-27-17)32-21-10-7-16(2)23-22(21)26(11-12-26)15-31-23/h7-10,14,19H,6,11-13,15H2,1-5H3,(H,28,30)/t19-/m1/s1. The van der Waals surface area contributed by atoms with Gasteiger partial charge in [0.1, 0.15) is 22.8 Å². The number of Topliss-reactive ketones (excluding diaryl/α,β-unsaturated/α-hetero) is 1. The van der Waals surface area contributed by atoms with Crippen LogP contribution in [-0.2, 0) is 21.4 Å². The zero-order chi connectivity index (χ0) is 23.8. The maximum atomic E-state index is 12.7. The molecule has 1 aromatic carbocycles. The highest BCUT2D eigenvalue weighted by molar-refractivity contribution is 5.88. The Morgan fingerprint density at radius 3 is 2.58 bits per heavy atom. The van der Waals surface area contributed by atoms with Gasteiger partial charge in [-0.3, -0.25) is 9.78 Å². The first-order chi connectivity index (χ1) is 15.6. The van der Waals surface area contributed by atoms with Crippen molar-refractivity contribution in [2.75, 3.05) is 6.61 Å². The minimum absolute atomic E-state index is 0.104. The van der Waals surface area contributed by atoms with Crippen LogP contribution in [0.4, 0.5) is 4.79 Å². The molecule has 2 aliphatic rings. The Bertz CT molecular complexity index is 1050. The molecule has 0 radical (unpaired) electrons. The number of amides is 1. The Balaban J connectivity index is 1.40. The Kier molecular flexibility index (Phi) is 6.08. The molecule has 2 aromatic rings. The number of ketones is 1. The van der Waals surface area contributed by atoms with Crippen LogP contribution >= 0.6 is 0 Å². The van der Waals surface area contributed by atoms with Crippen molar-refractivity contribution in [1.29, 1.82) is 0 Å². The Morgan fingerprint density at radius 2 is 1.97 bits per heavy atom. The van der Waals surface area contributed by atoms with E-state index in [1.807, 2.05) is 25.1 Å². The topological polar surface area (TPSA) is 86.8 Å². The predicted octanol–water partition coefficient (Wildman–Crippen LogP) is 5.02. The second-order valence-electron chi connectivity index (χ2n) is 9.99. The van der Waals surface area contributed by atoms with Gasteiger partial charge in [-0.1, -0.05) is 13.0 Å². The van der Waals surface area contributed by atoms with Gasteiger partial charge in [-0.25, -0.2) is 4.79 Å². The number of carbonyl (C=O) groups is 2. The average Bonchev–Trinajstić information content (AvgIpc) is 3.42.